The van der Waals surface area contributed by atoms with Crippen molar-refractivity contribution in [2.24, 2.45) is 0 Å². The van der Waals surface area contributed by atoms with Gasteiger partial charge in [0.05, 0.1) is 22.9 Å². The zero-order valence-electron chi connectivity index (χ0n) is 14.1. The van der Waals surface area contributed by atoms with Crippen LogP contribution in [0.2, 0.25) is 5.02 Å². The van der Waals surface area contributed by atoms with Crippen LogP contribution in [0.5, 0.6) is 5.75 Å². The molecule has 1 amide bonds. The Morgan fingerprint density at radius 3 is 2.46 bits per heavy atom. The highest BCUT2D eigenvalue weighted by atomic mass is 35.5. The van der Waals surface area contributed by atoms with Crippen molar-refractivity contribution in [2.75, 3.05) is 7.11 Å². The summed E-state index contributed by atoms with van der Waals surface area (Å²) in [7, 11) is 1.57. The van der Waals surface area contributed by atoms with E-state index < -0.39 is 17.0 Å². The molecule has 8 heteroatoms. The van der Waals surface area contributed by atoms with Gasteiger partial charge in [-0.2, -0.15) is 13.2 Å². The summed E-state index contributed by atoms with van der Waals surface area (Å²) in [5.74, 6) is 0.446. The lowest BCUT2D eigenvalue weighted by atomic mass is 10.2. The summed E-state index contributed by atoms with van der Waals surface area (Å²) in [5.41, 5.74) is -0.0165. The van der Waals surface area contributed by atoms with Crippen LogP contribution in [-0.2, 0) is 17.5 Å². The van der Waals surface area contributed by atoms with Crippen LogP contribution in [0.4, 0.5) is 13.2 Å². The molecule has 26 heavy (non-hydrogen) atoms. The molecule has 2 aromatic rings. The van der Waals surface area contributed by atoms with Crippen LogP contribution in [0.1, 0.15) is 18.1 Å². The highest BCUT2D eigenvalue weighted by Gasteiger charge is 2.33. The summed E-state index contributed by atoms with van der Waals surface area (Å²) in [6.07, 6.45) is -4.53. The number of benzene rings is 2. The van der Waals surface area contributed by atoms with Crippen LogP contribution in [0.25, 0.3) is 0 Å². The zero-order chi connectivity index (χ0) is 19.3. The molecule has 0 radical (unpaired) electrons. The first-order chi connectivity index (χ1) is 12.2. The third-order valence-electron chi connectivity index (χ3n) is 3.55. The maximum atomic E-state index is 12.9. The van der Waals surface area contributed by atoms with Crippen molar-refractivity contribution >= 4 is 29.3 Å². The van der Waals surface area contributed by atoms with Crippen LogP contribution in [-0.4, -0.2) is 18.3 Å². The number of amides is 1. The molecule has 2 aromatic carbocycles. The SMILES string of the molecule is COc1ccc(CNC(=O)[C@H](C)Sc2ccc(Cl)c(C(F)(F)F)c2)cc1. The van der Waals surface area contributed by atoms with Crippen molar-refractivity contribution in [3.63, 3.8) is 0 Å². The van der Waals surface area contributed by atoms with Crippen LogP contribution in [0.15, 0.2) is 47.4 Å². The lowest BCUT2D eigenvalue weighted by molar-refractivity contribution is -0.137. The number of rotatable bonds is 6. The fraction of sp³-hybridized carbons (Fsp3) is 0.278. The minimum Gasteiger partial charge on any atom is -0.497 e. The maximum absolute atomic E-state index is 12.9. The second-order valence-electron chi connectivity index (χ2n) is 5.47. The average Bonchev–Trinajstić information content (AvgIpc) is 2.60. The molecule has 3 nitrogen and oxygen atoms in total. The van der Waals surface area contributed by atoms with E-state index in [9.17, 15) is 18.0 Å². The third kappa shape index (κ3) is 5.57. The first-order valence-electron chi connectivity index (χ1n) is 7.64. The van der Waals surface area contributed by atoms with Gasteiger partial charge >= 0.3 is 6.18 Å². The predicted molar refractivity (Wildman–Crippen MR) is 96.6 cm³/mol. The Hall–Kier alpha value is -1.86. The maximum Gasteiger partial charge on any atom is 0.417 e. The first kappa shape index (κ1) is 20.5. The number of nitrogens with one attached hydrogen (secondary N) is 1. The molecule has 0 spiro atoms. The lowest BCUT2D eigenvalue weighted by Crippen LogP contribution is -2.30. The van der Waals surface area contributed by atoms with E-state index in [0.29, 0.717) is 17.2 Å². The fourth-order valence-electron chi connectivity index (χ4n) is 2.13. The minimum absolute atomic E-state index is 0.269. The fourth-order valence-corrected chi connectivity index (χ4v) is 3.28. The highest BCUT2D eigenvalue weighted by molar-refractivity contribution is 8.00. The molecule has 1 N–H and O–H groups in total. The number of thioether (sulfide) groups is 1. The Labute approximate surface area is 158 Å². The number of methoxy groups -OCH3 is 1. The highest BCUT2D eigenvalue weighted by Crippen LogP contribution is 2.37. The Kier molecular flexibility index (Phi) is 6.83. The quantitative estimate of drug-likeness (QED) is 0.677. The number of hydrogen-bond donors (Lipinski definition) is 1. The molecule has 140 valence electrons. The first-order valence-corrected chi connectivity index (χ1v) is 8.90. The molecule has 0 saturated heterocycles. The summed E-state index contributed by atoms with van der Waals surface area (Å²) in [5, 5.41) is 1.84. The van der Waals surface area contributed by atoms with Crippen LogP contribution in [0, 0.1) is 0 Å². The number of ether oxygens (including phenoxy) is 1. The Balaban J connectivity index is 1.96. The molecule has 2 rings (SSSR count). The van der Waals surface area contributed by atoms with Gasteiger partial charge in [-0.3, -0.25) is 4.79 Å². The molecule has 0 aliphatic heterocycles. The molecule has 0 aromatic heterocycles. The van der Waals surface area contributed by atoms with Crippen LogP contribution in [0.3, 0.4) is 0 Å². The molecule has 0 heterocycles. The molecular formula is C18H17ClF3NO2S. The normalized spacial score (nSPS) is 12.5. The molecule has 0 fully saturated rings. The van der Waals surface area contributed by atoms with E-state index >= 15 is 0 Å². The molecule has 0 aliphatic carbocycles. The van der Waals surface area contributed by atoms with E-state index in [4.69, 9.17) is 16.3 Å². The van der Waals surface area contributed by atoms with Crippen molar-refractivity contribution in [3.8, 4) is 5.75 Å². The van der Waals surface area contributed by atoms with Gasteiger partial charge in [0, 0.05) is 11.4 Å². The number of carbonyl (C=O) groups excluding carboxylic acids is 1. The molecule has 1 atom stereocenters. The average molecular weight is 404 g/mol. The minimum atomic E-state index is -4.53. The van der Waals surface area contributed by atoms with E-state index in [1.165, 1.54) is 12.1 Å². The van der Waals surface area contributed by atoms with Crippen molar-refractivity contribution in [2.45, 2.75) is 29.8 Å². The molecule has 0 aliphatic rings. The van der Waals surface area contributed by atoms with Gasteiger partial charge in [-0.25, -0.2) is 0 Å². The largest absolute Gasteiger partial charge is 0.497 e. The Morgan fingerprint density at radius 2 is 1.88 bits per heavy atom. The van der Waals surface area contributed by atoms with E-state index in [1.807, 2.05) is 12.1 Å². The van der Waals surface area contributed by atoms with Crippen molar-refractivity contribution in [1.82, 2.24) is 5.32 Å². The zero-order valence-corrected chi connectivity index (χ0v) is 15.6. The standard InChI is InChI=1S/C18H17ClF3NO2S/c1-11(17(24)23-10-12-3-5-13(25-2)6-4-12)26-14-7-8-16(19)15(9-14)18(20,21)22/h3-9,11H,10H2,1-2H3,(H,23,24)/t11-/m0/s1. The van der Waals surface area contributed by atoms with E-state index in [2.05, 4.69) is 5.32 Å². The number of carbonyl (C=O) groups is 1. The smallest absolute Gasteiger partial charge is 0.417 e. The van der Waals surface area contributed by atoms with Gasteiger partial charge in [-0.05, 0) is 42.8 Å². The summed E-state index contributed by atoms with van der Waals surface area (Å²) in [6, 6.07) is 10.8. The predicted octanol–water partition coefficient (Wildman–Crippen LogP) is 5.16. The number of alkyl halides is 3. The van der Waals surface area contributed by atoms with Gasteiger partial charge in [-0.15, -0.1) is 11.8 Å². The van der Waals surface area contributed by atoms with Crippen molar-refractivity contribution in [1.29, 1.82) is 0 Å². The molecule has 0 saturated carbocycles. The van der Waals surface area contributed by atoms with Gasteiger partial charge < -0.3 is 10.1 Å². The Morgan fingerprint density at radius 1 is 1.23 bits per heavy atom. The van der Waals surface area contributed by atoms with Gasteiger partial charge in [0.15, 0.2) is 0 Å². The van der Waals surface area contributed by atoms with E-state index in [0.717, 1.165) is 23.4 Å². The molecule has 0 unspecified atom stereocenters. The molecule has 0 bridgehead atoms. The van der Waals surface area contributed by atoms with Gasteiger partial charge in [0.2, 0.25) is 5.91 Å². The summed E-state index contributed by atoms with van der Waals surface area (Å²) in [4.78, 5) is 12.5. The van der Waals surface area contributed by atoms with E-state index in [-0.39, 0.29) is 10.9 Å². The summed E-state index contributed by atoms with van der Waals surface area (Å²) in [6.45, 7) is 1.96. The van der Waals surface area contributed by atoms with Gasteiger partial charge in [0.1, 0.15) is 5.75 Å². The van der Waals surface area contributed by atoms with Crippen molar-refractivity contribution < 1.29 is 22.7 Å². The number of hydrogen-bond acceptors (Lipinski definition) is 3. The third-order valence-corrected chi connectivity index (χ3v) is 4.97. The second-order valence-corrected chi connectivity index (χ2v) is 7.29. The van der Waals surface area contributed by atoms with Crippen LogP contribution >= 0.6 is 23.4 Å². The number of halogens is 4. The summed E-state index contributed by atoms with van der Waals surface area (Å²) >= 11 is 6.64. The lowest BCUT2D eigenvalue weighted by Gasteiger charge is -2.14. The monoisotopic (exact) mass is 403 g/mol. The Bertz CT molecular complexity index is 766. The van der Waals surface area contributed by atoms with Crippen LogP contribution < -0.4 is 10.1 Å². The summed E-state index contributed by atoms with van der Waals surface area (Å²) < 4.78 is 43.8. The van der Waals surface area contributed by atoms with Gasteiger partial charge in [0.25, 0.3) is 0 Å². The topological polar surface area (TPSA) is 38.3 Å². The van der Waals surface area contributed by atoms with Crippen molar-refractivity contribution in [3.05, 3.63) is 58.6 Å². The van der Waals surface area contributed by atoms with Gasteiger partial charge in [-0.1, -0.05) is 23.7 Å². The second kappa shape index (κ2) is 8.68. The molecular weight excluding hydrogens is 387 g/mol. The van der Waals surface area contributed by atoms with E-state index in [1.54, 1.807) is 26.2 Å².